The van der Waals surface area contributed by atoms with Crippen LogP contribution in [0.15, 0.2) is 16.6 Å². The Kier molecular flexibility index (Phi) is 3.50. The van der Waals surface area contributed by atoms with Crippen LogP contribution in [-0.4, -0.2) is 48.4 Å². The predicted octanol–water partition coefficient (Wildman–Crippen LogP) is 2.24. The lowest BCUT2D eigenvalue weighted by Crippen LogP contribution is -2.46. The molecular weight excluding hydrogens is 346 g/mol. The summed E-state index contributed by atoms with van der Waals surface area (Å²) in [6.07, 6.45) is 4.50. The van der Waals surface area contributed by atoms with E-state index in [1.54, 1.807) is 20.3 Å². The Morgan fingerprint density at radius 1 is 1.41 bits per heavy atom. The lowest BCUT2D eigenvalue weighted by atomic mass is 9.80. The van der Waals surface area contributed by atoms with Gasteiger partial charge in [0.25, 0.3) is 10.0 Å². The fourth-order valence-corrected chi connectivity index (χ4v) is 6.43. The van der Waals surface area contributed by atoms with Crippen LogP contribution >= 0.6 is 22.9 Å². The topological polar surface area (TPSA) is 63.9 Å². The summed E-state index contributed by atoms with van der Waals surface area (Å²) in [5, 5.41) is 1.94. The van der Waals surface area contributed by atoms with Gasteiger partial charge >= 0.3 is 0 Å². The molecule has 0 bridgehead atoms. The van der Waals surface area contributed by atoms with E-state index in [0.29, 0.717) is 24.7 Å². The number of fused-ring (bicyclic) bond motifs is 1. The number of hydrogen-bond acceptors (Lipinski definition) is 5. The number of thiazole rings is 1. The van der Waals surface area contributed by atoms with E-state index in [-0.39, 0.29) is 15.6 Å². The fourth-order valence-electron chi connectivity index (χ4n) is 3.43. The van der Waals surface area contributed by atoms with Crippen LogP contribution < -0.4 is 0 Å². The zero-order valence-corrected chi connectivity index (χ0v) is 14.3. The van der Waals surface area contributed by atoms with Crippen molar-refractivity contribution in [3.8, 4) is 0 Å². The van der Waals surface area contributed by atoms with Gasteiger partial charge in [0.1, 0.15) is 0 Å². The summed E-state index contributed by atoms with van der Waals surface area (Å²) in [6.45, 7) is 2.39. The highest BCUT2D eigenvalue weighted by Crippen LogP contribution is 2.40. The van der Waals surface area contributed by atoms with Crippen molar-refractivity contribution in [2.75, 3.05) is 26.3 Å². The molecule has 0 aliphatic carbocycles. The molecule has 0 amide bonds. The number of ether oxygens (including phenoxy) is 1. The molecular formula is C13H16ClN3O3S2. The van der Waals surface area contributed by atoms with Crippen molar-refractivity contribution in [3.63, 3.8) is 0 Å². The normalized spacial score (nSPS) is 27.1. The molecule has 0 saturated carbocycles. The minimum Gasteiger partial charge on any atom is -0.381 e. The summed E-state index contributed by atoms with van der Waals surface area (Å²) < 4.78 is 34.8. The van der Waals surface area contributed by atoms with Gasteiger partial charge in [0.15, 0.2) is 15.1 Å². The smallest absolute Gasteiger partial charge is 0.262 e. The number of nitrogens with zero attached hydrogens (tertiary/aromatic N) is 3. The first-order chi connectivity index (χ1) is 10.5. The minimum atomic E-state index is -3.66. The molecule has 2 fully saturated rings. The van der Waals surface area contributed by atoms with Crippen LogP contribution in [0.5, 0.6) is 0 Å². The highest BCUT2D eigenvalue weighted by Gasteiger charge is 2.43. The third-order valence-corrected chi connectivity index (χ3v) is 7.58. The minimum absolute atomic E-state index is 0.0315. The summed E-state index contributed by atoms with van der Waals surface area (Å²) in [5.74, 6) is 0. The zero-order valence-electron chi connectivity index (χ0n) is 11.9. The molecule has 2 aliphatic heterocycles. The Hall–Kier alpha value is -0.670. The molecule has 0 N–H and O–H groups in total. The van der Waals surface area contributed by atoms with Crippen LogP contribution in [0.2, 0.25) is 5.15 Å². The van der Waals surface area contributed by atoms with Gasteiger partial charge < -0.3 is 4.74 Å². The second kappa shape index (κ2) is 5.17. The SMILES string of the molecule is O=S(=O)(c1c(Cl)nc2sccn12)N1CCCC2(CCOC2)C1. The summed E-state index contributed by atoms with van der Waals surface area (Å²) in [7, 11) is -3.66. The lowest BCUT2D eigenvalue weighted by Gasteiger charge is -2.38. The Bertz CT molecular complexity index is 808. The van der Waals surface area contributed by atoms with E-state index in [9.17, 15) is 8.42 Å². The van der Waals surface area contributed by atoms with Gasteiger partial charge in [-0.25, -0.2) is 13.4 Å². The van der Waals surface area contributed by atoms with Crippen LogP contribution in [0.1, 0.15) is 19.3 Å². The highest BCUT2D eigenvalue weighted by atomic mass is 35.5. The van der Waals surface area contributed by atoms with Crippen molar-refractivity contribution < 1.29 is 13.2 Å². The number of halogens is 1. The molecule has 1 unspecified atom stereocenters. The van der Waals surface area contributed by atoms with Crippen molar-refractivity contribution >= 4 is 37.9 Å². The fraction of sp³-hybridized carbons (Fsp3) is 0.615. The van der Waals surface area contributed by atoms with Gasteiger partial charge in [-0.15, -0.1) is 11.3 Å². The van der Waals surface area contributed by atoms with E-state index in [4.69, 9.17) is 16.3 Å². The summed E-state index contributed by atoms with van der Waals surface area (Å²) >= 11 is 7.48. The molecule has 0 radical (unpaired) electrons. The van der Waals surface area contributed by atoms with Crippen molar-refractivity contribution in [1.29, 1.82) is 0 Å². The summed E-state index contributed by atoms with van der Waals surface area (Å²) in [4.78, 5) is 4.74. The van der Waals surface area contributed by atoms with E-state index in [0.717, 1.165) is 25.9 Å². The molecule has 2 saturated heterocycles. The van der Waals surface area contributed by atoms with Crippen LogP contribution in [0, 0.1) is 5.41 Å². The molecule has 2 aromatic rings. The van der Waals surface area contributed by atoms with Gasteiger partial charge in [0.05, 0.1) is 6.61 Å². The summed E-state index contributed by atoms with van der Waals surface area (Å²) in [5.41, 5.74) is -0.0315. The zero-order chi connectivity index (χ0) is 15.4. The lowest BCUT2D eigenvalue weighted by molar-refractivity contribution is 0.105. The molecule has 6 nitrogen and oxygen atoms in total. The van der Waals surface area contributed by atoms with Gasteiger partial charge in [-0.3, -0.25) is 4.40 Å². The van der Waals surface area contributed by atoms with Gasteiger partial charge in [0, 0.05) is 36.7 Å². The quantitative estimate of drug-likeness (QED) is 0.822. The van der Waals surface area contributed by atoms with Gasteiger partial charge in [-0.1, -0.05) is 11.6 Å². The first-order valence-electron chi connectivity index (χ1n) is 7.21. The summed E-state index contributed by atoms with van der Waals surface area (Å²) in [6, 6.07) is 0. The Morgan fingerprint density at radius 2 is 2.27 bits per heavy atom. The van der Waals surface area contributed by atoms with Gasteiger partial charge in [0.2, 0.25) is 0 Å². The maximum absolute atomic E-state index is 13.1. The van der Waals surface area contributed by atoms with Gasteiger partial charge in [-0.2, -0.15) is 4.31 Å². The standard InChI is InChI=1S/C13H16ClN3O3S2/c14-10-11(17-5-7-21-12(17)15-10)22(18,19)16-4-1-2-13(8-16)3-6-20-9-13/h5,7H,1-4,6,8-9H2. The van der Waals surface area contributed by atoms with Crippen LogP contribution in [-0.2, 0) is 14.8 Å². The number of hydrogen-bond donors (Lipinski definition) is 0. The maximum atomic E-state index is 13.1. The number of rotatable bonds is 2. The molecule has 4 rings (SSSR count). The van der Waals surface area contributed by atoms with Gasteiger partial charge in [-0.05, 0) is 19.3 Å². The van der Waals surface area contributed by atoms with E-state index in [1.807, 2.05) is 0 Å². The molecule has 4 heterocycles. The Labute approximate surface area is 137 Å². The number of aromatic nitrogens is 2. The molecule has 0 aromatic carbocycles. The molecule has 2 aromatic heterocycles. The third-order valence-electron chi connectivity index (χ3n) is 4.57. The van der Waals surface area contributed by atoms with Crippen LogP contribution in [0.25, 0.3) is 4.96 Å². The van der Waals surface area contributed by atoms with Crippen molar-refractivity contribution in [2.24, 2.45) is 5.41 Å². The average molecular weight is 362 g/mol. The Morgan fingerprint density at radius 3 is 3.05 bits per heavy atom. The molecule has 120 valence electrons. The number of piperidine rings is 1. The largest absolute Gasteiger partial charge is 0.381 e. The second-order valence-electron chi connectivity index (χ2n) is 6.01. The number of sulfonamides is 1. The molecule has 1 atom stereocenters. The number of imidazole rings is 1. The highest BCUT2D eigenvalue weighted by molar-refractivity contribution is 7.89. The van der Waals surface area contributed by atoms with Crippen molar-refractivity contribution in [3.05, 3.63) is 16.7 Å². The molecule has 9 heteroatoms. The molecule has 2 aliphatic rings. The van der Waals surface area contributed by atoms with Crippen molar-refractivity contribution in [2.45, 2.75) is 24.3 Å². The van der Waals surface area contributed by atoms with E-state index >= 15 is 0 Å². The van der Waals surface area contributed by atoms with Crippen molar-refractivity contribution in [1.82, 2.24) is 13.7 Å². The van der Waals surface area contributed by atoms with E-state index < -0.39 is 10.0 Å². The maximum Gasteiger partial charge on any atom is 0.262 e. The van der Waals surface area contributed by atoms with E-state index in [1.165, 1.54) is 11.3 Å². The monoisotopic (exact) mass is 361 g/mol. The van der Waals surface area contributed by atoms with E-state index in [2.05, 4.69) is 4.98 Å². The third kappa shape index (κ3) is 2.20. The first kappa shape index (κ1) is 14.9. The van der Waals surface area contributed by atoms with Crippen LogP contribution in [0.4, 0.5) is 0 Å². The molecule has 1 spiro atoms. The average Bonchev–Trinajstić information content (AvgIpc) is 3.15. The predicted molar refractivity (Wildman–Crippen MR) is 83.9 cm³/mol. The molecule has 22 heavy (non-hydrogen) atoms. The second-order valence-corrected chi connectivity index (χ2v) is 9.09. The van der Waals surface area contributed by atoms with Crippen LogP contribution in [0.3, 0.4) is 0 Å². The Balaban J connectivity index is 1.74. The first-order valence-corrected chi connectivity index (χ1v) is 9.91.